The lowest BCUT2D eigenvalue weighted by Gasteiger charge is -2.24. The standard InChI is InChI=1S/C15H20N2O/c16-14(12-7-8-12)10-17-9-3-5-11-4-1-2-6-13(11)15(17)18/h1-2,4,6,12,14H,3,5,7-10,16H2. The number of benzene rings is 1. The van der Waals surface area contributed by atoms with E-state index in [0.29, 0.717) is 5.92 Å². The molecule has 96 valence electrons. The molecule has 18 heavy (non-hydrogen) atoms. The summed E-state index contributed by atoms with van der Waals surface area (Å²) in [6.07, 6.45) is 4.51. The van der Waals surface area contributed by atoms with Crippen molar-refractivity contribution in [3.63, 3.8) is 0 Å². The highest BCUT2D eigenvalue weighted by atomic mass is 16.2. The normalized spacial score (nSPS) is 21.4. The van der Waals surface area contributed by atoms with Crippen LogP contribution in [0.2, 0.25) is 0 Å². The molecule has 0 aromatic heterocycles. The van der Waals surface area contributed by atoms with Crippen LogP contribution >= 0.6 is 0 Å². The summed E-state index contributed by atoms with van der Waals surface area (Å²) < 4.78 is 0. The van der Waals surface area contributed by atoms with Crippen molar-refractivity contribution in [3.8, 4) is 0 Å². The Morgan fingerprint density at radius 1 is 1.33 bits per heavy atom. The Bertz CT molecular complexity index is 454. The van der Waals surface area contributed by atoms with Gasteiger partial charge >= 0.3 is 0 Å². The fraction of sp³-hybridized carbons (Fsp3) is 0.533. The molecule has 3 heteroatoms. The van der Waals surface area contributed by atoms with Crippen molar-refractivity contribution in [3.05, 3.63) is 35.4 Å². The molecule has 3 rings (SSSR count). The van der Waals surface area contributed by atoms with Crippen LogP contribution in [0.5, 0.6) is 0 Å². The highest BCUT2D eigenvalue weighted by molar-refractivity contribution is 5.96. The molecule has 1 aliphatic carbocycles. The predicted octanol–water partition coefficient (Wildman–Crippen LogP) is 1.81. The molecule has 1 unspecified atom stereocenters. The molecular weight excluding hydrogens is 224 g/mol. The van der Waals surface area contributed by atoms with Crippen molar-refractivity contribution in [2.24, 2.45) is 11.7 Å². The summed E-state index contributed by atoms with van der Waals surface area (Å²) in [4.78, 5) is 14.4. The molecule has 0 radical (unpaired) electrons. The Morgan fingerprint density at radius 3 is 2.89 bits per heavy atom. The molecule has 1 atom stereocenters. The second kappa shape index (κ2) is 4.73. The third-order valence-electron chi connectivity index (χ3n) is 4.07. The van der Waals surface area contributed by atoms with Crippen LogP contribution in [0.3, 0.4) is 0 Å². The zero-order valence-electron chi connectivity index (χ0n) is 10.6. The molecule has 2 N–H and O–H groups in total. The Hall–Kier alpha value is -1.35. The van der Waals surface area contributed by atoms with E-state index in [-0.39, 0.29) is 11.9 Å². The van der Waals surface area contributed by atoms with E-state index in [1.165, 1.54) is 18.4 Å². The second-order valence-corrected chi connectivity index (χ2v) is 5.51. The van der Waals surface area contributed by atoms with Crippen LogP contribution in [0.15, 0.2) is 24.3 Å². The zero-order chi connectivity index (χ0) is 12.5. The summed E-state index contributed by atoms with van der Waals surface area (Å²) in [6.45, 7) is 1.56. The third kappa shape index (κ3) is 2.27. The van der Waals surface area contributed by atoms with E-state index in [1.54, 1.807) is 0 Å². The van der Waals surface area contributed by atoms with Crippen LogP contribution < -0.4 is 5.73 Å². The number of carbonyl (C=O) groups is 1. The van der Waals surface area contributed by atoms with E-state index in [2.05, 4.69) is 6.07 Å². The first-order valence-electron chi connectivity index (χ1n) is 6.88. The summed E-state index contributed by atoms with van der Waals surface area (Å²) >= 11 is 0. The maximum absolute atomic E-state index is 12.5. The Kier molecular flexibility index (Phi) is 3.08. The summed E-state index contributed by atoms with van der Waals surface area (Å²) in [5.41, 5.74) is 8.21. The zero-order valence-corrected chi connectivity index (χ0v) is 10.6. The number of rotatable bonds is 3. The van der Waals surface area contributed by atoms with E-state index in [9.17, 15) is 4.79 Å². The van der Waals surface area contributed by atoms with E-state index in [4.69, 9.17) is 5.73 Å². The van der Waals surface area contributed by atoms with Gasteiger partial charge in [-0.05, 0) is 43.2 Å². The SMILES string of the molecule is NC(CN1CCCc2ccccc2C1=O)C1CC1. The van der Waals surface area contributed by atoms with E-state index in [0.717, 1.165) is 31.5 Å². The highest BCUT2D eigenvalue weighted by Gasteiger charge is 2.31. The quantitative estimate of drug-likeness (QED) is 0.881. The number of hydrogen-bond acceptors (Lipinski definition) is 2. The van der Waals surface area contributed by atoms with Crippen LogP contribution in [0, 0.1) is 5.92 Å². The summed E-state index contributed by atoms with van der Waals surface area (Å²) in [5, 5.41) is 0. The van der Waals surface area contributed by atoms with E-state index in [1.807, 2.05) is 23.1 Å². The van der Waals surface area contributed by atoms with Gasteiger partial charge in [0, 0.05) is 24.7 Å². The van der Waals surface area contributed by atoms with Gasteiger partial charge in [-0.1, -0.05) is 18.2 Å². The molecule has 0 spiro atoms. The molecule has 1 aromatic rings. The van der Waals surface area contributed by atoms with Gasteiger partial charge in [-0.25, -0.2) is 0 Å². The molecule has 1 amide bonds. The third-order valence-corrected chi connectivity index (χ3v) is 4.07. The summed E-state index contributed by atoms with van der Waals surface area (Å²) in [6, 6.07) is 8.13. The van der Waals surface area contributed by atoms with Crippen LogP contribution in [0.4, 0.5) is 0 Å². The summed E-state index contributed by atoms with van der Waals surface area (Å²) in [5.74, 6) is 0.815. The second-order valence-electron chi connectivity index (χ2n) is 5.51. The number of nitrogens with two attached hydrogens (primary N) is 1. The number of hydrogen-bond donors (Lipinski definition) is 1. The molecule has 2 aliphatic rings. The van der Waals surface area contributed by atoms with Crippen LogP contribution in [-0.4, -0.2) is 29.9 Å². The first-order valence-corrected chi connectivity index (χ1v) is 6.88. The maximum Gasteiger partial charge on any atom is 0.254 e. The lowest BCUT2D eigenvalue weighted by atomic mass is 10.0. The summed E-state index contributed by atoms with van der Waals surface area (Å²) in [7, 11) is 0. The predicted molar refractivity (Wildman–Crippen MR) is 71.4 cm³/mol. The van der Waals surface area contributed by atoms with Gasteiger partial charge in [0.1, 0.15) is 0 Å². The molecule has 1 saturated carbocycles. The average molecular weight is 244 g/mol. The first kappa shape index (κ1) is 11.7. The Morgan fingerprint density at radius 2 is 2.11 bits per heavy atom. The highest BCUT2D eigenvalue weighted by Crippen LogP contribution is 2.32. The minimum Gasteiger partial charge on any atom is -0.337 e. The lowest BCUT2D eigenvalue weighted by molar-refractivity contribution is 0.0747. The minimum atomic E-state index is 0.166. The fourth-order valence-electron chi connectivity index (χ4n) is 2.78. The molecule has 0 bridgehead atoms. The van der Waals surface area contributed by atoms with Crippen molar-refractivity contribution in [1.82, 2.24) is 4.90 Å². The van der Waals surface area contributed by atoms with E-state index >= 15 is 0 Å². The van der Waals surface area contributed by atoms with Gasteiger partial charge in [0.2, 0.25) is 0 Å². The number of amides is 1. The molecule has 1 fully saturated rings. The lowest BCUT2D eigenvalue weighted by Crippen LogP contribution is -2.42. The smallest absolute Gasteiger partial charge is 0.254 e. The van der Waals surface area contributed by atoms with Gasteiger partial charge < -0.3 is 10.6 Å². The van der Waals surface area contributed by atoms with Crippen molar-refractivity contribution >= 4 is 5.91 Å². The Labute approximate surface area is 108 Å². The maximum atomic E-state index is 12.5. The first-order chi connectivity index (χ1) is 8.75. The molecule has 1 aromatic carbocycles. The average Bonchev–Trinajstić information content (AvgIpc) is 3.20. The van der Waals surface area contributed by atoms with Crippen molar-refractivity contribution in [2.45, 2.75) is 31.7 Å². The molecule has 1 heterocycles. The van der Waals surface area contributed by atoms with Gasteiger partial charge in [0.25, 0.3) is 5.91 Å². The largest absolute Gasteiger partial charge is 0.337 e. The van der Waals surface area contributed by atoms with Crippen molar-refractivity contribution in [2.75, 3.05) is 13.1 Å². The van der Waals surface area contributed by atoms with Gasteiger partial charge in [-0.2, -0.15) is 0 Å². The monoisotopic (exact) mass is 244 g/mol. The van der Waals surface area contributed by atoms with Crippen LogP contribution in [-0.2, 0) is 6.42 Å². The molecule has 1 aliphatic heterocycles. The van der Waals surface area contributed by atoms with Gasteiger partial charge in [-0.15, -0.1) is 0 Å². The molecule has 0 saturated heterocycles. The number of fused-ring (bicyclic) bond motifs is 1. The molecule has 3 nitrogen and oxygen atoms in total. The van der Waals surface area contributed by atoms with Crippen LogP contribution in [0.25, 0.3) is 0 Å². The minimum absolute atomic E-state index is 0.166. The number of carbonyl (C=O) groups excluding carboxylic acids is 1. The topological polar surface area (TPSA) is 46.3 Å². The molecular formula is C15H20N2O. The number of nitrogens with zero attached hydrogens (tertiary/aromatic N) is 1. The Balaban J connectivity index is 1.78. The van der Waals surface area contributed by atoms with Crippen molar-refractivity contribution < 1.29 is 4.79 Å². The van der Waals surface area contributed by atoms with Crippen molar-refractivity contribution in [1.29, 1.82) is 0 Å². The fourth-order valence-corrected chi connectivity index (χ4v) is 2.78. The van der Waals surface area contributed by atoms with Gasteiger partial charge in [0.05, 0.1) is 0 Å². The van der Waals surface area contributed by atoms with E-state index < -0.39 is 0 Å². The van der Waals surface area contributed by atoms with Crippen LogP contribution in [0.1, 0.15) is 35.2 Å². The van der Waals surface area contributed by atoms with Gasteiger partial charge in [-0.3, -0.25) is 4.79 Å². The number of aryl methyl sites for hydroxylation is 1. The van der Waals surface area contributed by atoms with Gasteiger partial charge in [0.15, 0.2) is 0 Å².